The predicted molar refractivity (Wildman–Crippen MR) is 65.5 cm³/mol. The fraction of sp³-hybridized carbons (Fsp3) is 0.700. The van der Waals surface area contributed by atoms with E-state index >= 15 is 0 Å². The number of aromatic nitrogens is 3. The van der Waals surface area contributed by atoms with Gasteiger partial charge in [-0.3, -0.25) is 0 Å². The van der Waals surface area contributed by atoms with Gasteiger partial charge in [-0.05, 0) is 25.0 Å². The van der Waals surface area contributed by atoms with Gasteiger partial charge in [-0.2, -0.15) is 0 Å². The van der Waals surface area contributed by atoms with Crippen molar-refractivity contribution in [1.29, 1.82) is 0 Å². The molecule has 16 heavy (non-hydrogen) atoms. The zero-order valence-electron chi connectivity index (χ0n) is 9.39. The summed E-state index contributed by atoms with van der Waals surface area (Å²) >= 11 is 1.64. The molecule has 1 aliphatic carbocycles. The van der Waals surface area contributed by atoms with Crippen molar-refractivity contribution < 1.29 is 0 Å². The molecule has 0 aromatic carbocycles. The number of nitrogens with one attached hydrogen (secondary N) is 1. The van der Waals surface area contributed by atoms with Crippen molar-refractivity contribution >= 4 is 17.7 Å². The van der Waals surface area contributed by atoms with Crippen molar-refractivity contribution in [2.24, 2.45) is 5.73 Å². The van der Waals surface area contributed by atoms with Gasteiger partial charge < -0.3 is 11.1 Å². The molecule has 1 aromatic rings. The molecule has 0 amide bonds. The van der Waals surface area contributed by atoms with Gasteiger partial charge in [-0.25, -0.2) is 4.98 Å². The second-order valence-electron chi connectivity index (χ2n) is 3.97. The summed E-state index contributed by atoms with van der Waals surface area (Å²) in [5.74, 6) is 1.60. The second-order valence-corrected chi connectivity index (χ2v) is 5.25. The van der Waals surface area contributed by atoms with Crippen LogP contribution < -0.4 is 11.1 Å². The van der Waals surface area contributed by atoms with Gasteiger partial charge in [0.2, 0.25) is 5.95 Å². The standard InChI is InChI=1S/C10H17N5S/c1-2-16-9-6-12-10(15-14-9)13-8-4-3-7(11)5-8/h6-8H,2-5,11H2,1H3,(H,12,13,15). The molecule has 0 bridgehead atoms. The Balaban J connectivity index is 1.89. The summed E-state index contributed by atoms with van der Waals surface area (Å²) in [5, 5.41) is 12.3. The average molecular weight is 239 g/mol. The first-order valence-corrected chi connectivity index (χ1v) is 6.61. The number of nitrogens with two attached hydrogens (primary N) is 1. The summed E-state index contributed by atoms with van der Waals surface area (Å²) in [6, 6.07) is 0.724. The van der Waals surface area contributed by atoms with Crippen LogP contribution in [0.25, 0.3) is 0 Å². The quantitative estimate of drug-likeness (QED) is 0.771. The third kappa shape index (κ3) is 3.05. The zero-order chi connectivity index (χ0) is 11.4. The van der Waals surface area contributed by atoms with E-state index < -0.39 is 0 Å². The highest BCUT2D eigenvalue weighted by molar-refractivity contribution is 7.99. The predicted octanol–water partition coefficient (Wildman–Crippen LogP) is 1.28. The Morgan fingerprint density at radius 2 is 2.38 bits per heavy atom. The highest BCUT2D eigenvalue weighted by Crippen LogP contribution is 2.20. The number of anilines is 1. The Hall–Kier alpha value is -0.880. The lowest BCUT2D eigenvalue weighted by Crippen LogP contribution is -2.21. The normalized spacial score (nSPS) is 24.6. The molecule has 88 valence electrons. The van der Waals surface area contributed by atoms with Gasteiger partial charge in [-0.1, -0.05) is 6.92 Å². The van der Waals surface area contributed by atoms with E-state index in [1.54, 1.807) is 18.0 Å². The van der Waals surface area contributed by atoms with Crippen molar-refractivity contribution in [3.63, 3.8) is 0 Å². The van der Waals surface area contributed by atoms with Crippen molar-refractivity contribution in [3.05, 3.63) is 6.20 Å². The summed E-state index contributed by atoms with van der Waals surface area (Å²) in [6.07, 6.45) is 4.93. The number of nitrogens with zero attached hydrogens (tertiary/aromatic N) is 3. The van der Waals surface area contributed by atoms with Crippen LogP contribution in [-0.2, 0) is 0 Å². The molecule has 2 rings (SSSR count). The first-order valence-electron chi connectivity index (χ1n) is 5.62. The number of hydrogen-bond donors (Lipinski definition) is 2. The molecular formula is C10H17N5S. The minimum atomic E-state index is 0.320. The molecule has 1 aliphatic rings. The van der Waals surface area contributed by atoms with Crippen LogP contribution in [0.5, 0.6) is 0 Å². The number of hydrogen-bond acceptors (Lipinski definition) is 6. The molecule has 0 radical (unpaired) electrons. The van der Waals surface area contributed by atoms with Crippen molar-refractivity contribution in [1.82, 2.24) is 15.2 Å². The maximum atomic E-state index is 5.84. The third-order valence-corrected chi connectivity index (χ3v) is 3.41. The molecule has 6 heteroatoms. The molecule has 1 heterocycles. The van der Waals surface area contributed by atoms with Gasteiger partial charge in [0.25, 0.3) is 0 Å². The van der Waals surface area contributed by atoms with E-state index in [1.165, 1.54) is 0 Å². The van der Waals surface area contributed by atoms with Crippen LogP contribution >= 0.6 is 11.8 Å². The van der Waals surface area contributed by atoms with Gasteiger partial charge in [0.1, 0.15) is 5.03 Å². The zero-order valence-corrected chi connectivity index (χ0v) is 10.2. The van der Waals surface area contributed by atoms with Gasteiger partial charge in [0.05, 0.1) is 6.20 Å². The minimum Gasteiger partial charge on any atom is -0.350 e. The highest BCUT2D eigenvalue weighted by atomic mass is 32.2. The van der Waals surface area contributed by atoms with Crippen molar-refractivity contribution in [2.75, 3.05) is 11.1 Å². The first kappa shape index (κ1) is 11.6. The molecule has 0 aliphatic heterocycles. The fourth-order valence-electron chi connectivity index (χ4n) is 1.87. The average Bonchev–Trinajstić information content (AvgIpc) is 2.67. The van der Waals surface area contributed by atoms with E-state index in [2.05, 4.69) is 27.4 Å². The summed E-state index contributed by atoms with van der Waals surface area (Å²) in [7, 11) is 0. The molecule has 0 saturated heterocycles. The van der Waals surface area contributed by atoms with Crippen LogP contribution in [0.1, 0.15) is 26.2 Å². The lowest BCUT2D eigenvalue weighted by atomic mass is 10.2. The molecule has 1 fully saturated rings. The van der Waals surface area contributed by atoms with Crippen LogP contribution in [0.3, 0.4) is 0 Å². The largest absolute Gasteiger partial charge is 0.350 e. The Kier molecular flexibility index (Phi) is 3.95. The van der Waals surface area contributed by atoms with E-state index in [0.29, 0.717) is 18.0 Å². The maximum absolute atomic E-state index is 5.84. The summed E-state index contributed by atoms with van der Waals surface area (Å²) in [5.41, 5.74) is 5.84. The highest BCUT2D eigenvalue weighted by Gasteiger charge is 2.22. The minimum absolute atomic E-state index is 0.320. The lowest BCUT2D eigenvalue weighted by Gasteiger charge is -2.11. The Morgan fingerprint density at radius 3 is 2.94 bits per heavy atom. The van der Waals surface area contributed by atoms with Gasteiger partial charge >= 0.3 is 0 Å². The number of rotatable bonds is 4. The fourth-order valence-corrected chi connectivity index (χ4v) is 2.40. The van der Waals surface area contributed by atoms with Crippen LogP contribution in [0.4, 0.5) is 5.95 Å². The van der Waals surface area contributed by atoms with Crippen molar-refractivity contribution in [2.45, 2.75) is 43.3 Å². The molecular weight excluding hydrogens is 222 g/mol. The molecule has 0 spiro atoms. The van der Waals surface area contributed by atoms with Crippen LogP contribution in [0.15, 0.2) is 11.2 Å². The monoisotopic (exact) mass is 239 g/mol. The van der Waals surface area contributed by atoms with Crippen LogP contribution in [-0.4, -0.2) is 33.0 Å². The SMILES string of the molecule is CCSc1cnc(NC2CCC(N)C2)nn1. The molecule has 2 atom stereocenters. The van der Waals surface area contributed by atoms with E-state index in [1.807, 2.05) is 0 Å². The maximum Gasteiger partial charge on any atom is 0.242 e. The third-order valence-electron chi connectivity index (χ3n) is 2.64. The summed E-state index contributed by atoms with van der Waals surface area (Å²) in [6.45, 7) is 2.08. The van der Waals surface area contributed by atoms with Crippen molar-refractivity contribution in [3.8, 4) is 0 Å². The summed E-state index contributed by atoms with van der Waals surface area (Å²) < 4.78 is 0. The second kappa shape index (κ2) is 5.45. The van der Waals surface area contributed by atoms with Gasteiger partial charge in [0, 0.05) is 12.1 Å². The molecule has 3 N–H and O–H groups in total. The van der Waals surface area contributed by atoms with E-state index in [9.17, 15) is 0 Å². The Morgan fingerprint density at radius 1 is 1.50 bits per heavy atom. The number of thioether (sulfide) groups is 1. The first-order chi connectivity index (χ1) is 7.78. The van der Waals surface area contributed by atoms with Gasteiger partial charge in [0.15, 0.2) is 0 Å². The van der Waals surface area contributed by atoms with Crippen LogP contribution in [0.2, 0.25) is 0 Å². The van der Waals surface area contributed by atoms with Gasteiger partial charge in [-0.15, -0.1) is 22.0 Å². The Labute approximate surface area is 99.6 Å². The summed E-state index contributed by atoms with van der Waals surface area (Å²) in [4.78, 5) is 4.24. The molecule has 1 aromatic heterocycles. The molecule has 1 saturated carbocycles. The smallest absolute Gasteiger partial charge is 0.242 e. The molecule has 5 nitrogen and oxygen atoms in total. The van der Waals surface area contributed by atoms with E-state index in [4.69, 9.17) is 5.73 Å². The van der Waals surface area contributed by atoms with Crippen LogP contribution in [0, 0.1) is 0 Å². The molecule has 2 unspecified atom stereocenters. The topological polar surface area (TPSA) is 76.7 Å². The Bertz CT molecular complexity index is 328. The lowest BCUT2D eigenvalue weighted by molar-refractivity contribution is 0.682. The van der Waals surface area contributed by atoms with E-state index in [0.717, 1.165) is 30.0 Å². The van der Waals surface area contributed by atoms with E-state index in [-0.39, 0.29) is 0 Å².